The van der Waals surface area contributed by atoms with Crippen LogP contribution in [0.25, 0.3) is 10.8 Å². The second-order valence-corrected chi connectivity index (χ2v) is 9.05. The van der Waals surface area contributed by atoms with Gasteiger partial charge in [-0.05, 0) is 53.1 Å². The Kier molecular flexibility index (Phi) is 5.14. The predicted molar refractivity (Wildman–Crippen MR) is 112 cm³/mol. The molecule has 1 saturated carbocycles. The van der Waals surface area contributed by atoms with Crippen LogP contribution in [-0.4, -0.2) is 51.4 Å². The fourth-order valence-electron chi connectivity index (χ4n) is 5.58. The summed E-state index contributed by atoms with van der Waals surface area (Å²) < 4.78 is 0. The molecule has 2 atom stereocenters. The van der Waals surface area contributed by atoms with Gasteiger partial charge in [0.15, 0.2) is 0 Å². The highest BCUT2D eigenvalue weighted by Gasteiger charge is 2.33. The fraction of sp³-hybridized carbons (Fsp3) is 0.583. The van der Waals surface area contributed by atoms with Crippen molar-refractivity contribution < 1.29 is 10.2 Å². The molecule has 5 rings (SSSR count). The van der Waals surface area contributed by atoms with Crippen molar-refractivity contribution >= 4 is 10.8 Å². The molecule has 4 heteroatoms. The maximum atomic E-state index is 10.5. The maximum absolute atomic E-state index is 10.5. The van der Waals surface area contributed by atoms with E-state index in [2.05, 4.69) is 40.1 Å². The Morgan fingerprint density at radius 2 is 1.64 bits per heavy atom. The van der Waals surface area contributed by atoms with E-state index < -0.39 is 0 Å². The molecule has 0 bridgehead atoms. The Labute approximate surface area is 167 Å². The van der Waals surface area contributed by atoms with Crippen LogP contribution in [0.2, 0.25) is 0 Å². The molecule has 2 unspecified atom stereocenters. The fourth-order valence-corrected chi connectivity index (χ4v) is 5.58. The number of fused-ring (bicyclic) bond motifs is 3. The zero-order valence-corrected chi connectivity index (χ0v) is 16.7. The summed E-state index contributed by atoms with van der Waals surface area (Å²) in [4.78, 5) is 5.00. The van der Waals surface area contributed by atoms with E-state index in [4.69, 9.17) is 0 Å². The van der Waals surface area contributed by atoms with Gasteiger partial charge >= 0.3 is 0 Å². The number of benzene rings is 2. The zero-order chi connectivity index (χ0) is 19.1. The summed E-state index contributed by atoms with van der Waals surface area (Å²) in [6, 6.07) is 11.6. The summed E-state index contributed by atoms with van der Waals surface area (Å²) in [6.07, 6.45) is 5.95. The van der Waals surface area contributed by atoms with Crippen molar-refractivity contribution in [3.63, 3.8) is 0 Å². The minimum absolute atomic E-state index is 0.122. The van der Waals surface area contributed by atoms with Gasteiger partial charge in [0.2, 0.25) is 0 Å². The Bertz CT molecular complexity index is 844. The number of aliphatic hydroxyl groups excluding tert-OH is 2. The molecule has 4 nitrogen and oxygen atoms in total. The minimum atomic E-state index is -0.173. The summed E-state index contributed by atoms with van der Waals surface area (Å²) in [5.41, 5.74) is 4.33. The average molecular weight is 381 g/mol. The molecule has 2 aromatic carbocycles. The van der Waals surface area contributed by atoms with Crippen LogP contribution in [0.15, 0.2) is 30.3 Å². The van der Waals surface area contributed by atoms with E-state index in [0.29, 0.717) is 6.04 Å². The van der Waals surface area contributed by atoms with Crippen molar-refractivity contribution in [1.29, 1.82) is 0 Å². The van der Waals surface area contributed by atoms with Crippen LogP contribution in [-0.2, 0) is 19.6 Å². The molecule has 1 aliphatic carbocycles. The third-order valence-electron chi connectivity index (χ3n) is 7.18. The molecule has 2 heterocycles. The van der Waals surface area contributed by atoms with Gasteiger partial charge in [-0.3, -0.25) is 9.80 Å². The SMILES string of the molecule is OC1CCN(Cc2cc3c(c4ccccc24)CN(C2CCCCC2O)C3)CC1. The second-order valence-electron chi connectivity index (χ2n) is 9.05. The molecule has 3 aliphatic rings. The van der Waals surface area contributed by atoms with E-state index >= 15 is 0 Å². The predicted octanol–water partition coefficient (Wildman–Crippen LogP) is 3.42. The van der Waals surface area contributed by atoms with Crippen molar-refractivity contribution in [3.8, 4) is 0 Å². The maximum Gasteiger partial charge on any atom is 0.0695 e. The summed E-state index contributed by atoms with van der Waals surface area (Å²) in [5.74, 6) is 0. The molecule has 2 aliphatic heterocycles. The first kappa shape index (κ1) is 18.6. The lowest BCUT2D eigenvalue weighted by atomic mass is 9.91. The Balaban J connectivity index is 1.44. The van der Waals surface area contributed by atoms with Gasteiger partial charge in [-0.15, -0.1) is 0 Å². The molecule has 1 saturated heterocycles. The van der Waals surface area contributed by atoms with Gasteiger partial charge < -0.3 is 10.2 Å². The number of rotatable bonds is 3. The van der Waals surface area contributed by atoms with E-state index in [1.807, 2.05) is 0 Å². The van der Waals surface area contributed by atoms with Crippen LogP contribution in [0.5, 0.6) is 0 Å². The molecule has 2 aromatic rings. The topological polar surface area (TPSA) is 46.9 Å². The average Bonchev–Trinajstić information content (AvgIpc) is 3.14. The highest BCUT2D eigenvalue weighted by atomic mass is 16.3. The van der Waals surface area contributed by atoms with Gasteiger partial charge in [-0.1, -0.05) is 43.2 Å². The lowest BCUT2D eigenvalue weighted by Crippen LogP contribution is -2.42. The van der Waals surface area contributed by atoms with Crippen LogP contribution >= 0.6 is 0 Å². The van der Waals surface area contributed by atoms with Gasteiger partial charge in [0, 0.05) is 38.8 Å². The first-order valence-electron chi connectivity index (χ1n) is 11.0. The van der Waals surface area contributed by atoms with Crippen molar-refractivity contribution in [2.75, 3.05) is 13.1 Å². The lowest BCUT2D eigenvalue weighted by Gasteiger charge is -2.34. The van der Waals surface area contributed by atoms with Crippen LogP contribution in [0, 0.1) is 0 Å². The lowest BCUT2D eigenvalue weighted by molar-refractivity contribution is 0.0178. The van der Waals surface area contributed by atoms with Crippen LogP contribution in [0.4, 0.5) is 0 Å². The van der Waals surface area contributed by atoms with Crippen LogP contribution in [0.1, 0.15) is 55.2 Å². The molecule has 2 N–H and O–H groups in total. The number of nitrogens with zero attached hydrogens (tertiary/aromatic N) is 2. The monoisotopic (exact) mass is 380 g/mol. The molecule has 150 valence electrons. The van der Waals surface area contributed by atoms with Crippen LogP contribution in [0.3, 0.4) is 0 Å². The summed E-state index contributed by atoms with van der Waals surface area (Å²) in [7, 11) is 0. The van der Waals surface area contributed by atoms with Gasteiger partial charge in [-0.2, -0.15) is 0 Å². The highest BCUT2D eigenvalue weighted by Crippen LogP contribution is 2.37. The standard InChI is InChI=1S/C24H32N2O2/c27-19-9-11-25(12-10-19)14-17-13-18-15-26(23-7-3-4-8-24(23)28)16-22(18)21-6-2-1-5-20(17)21/h1-2,5-6,13,19,23-24,27-28H,3-4,7-12,14-16H2. The summed E-state index contributed by atoms with van der Waals surface area (Å²) in [6.45, 7) is 4.86. The number of hydrogen-bond acceptors (Lipinski definition) is 4. The largest absolute Gasteiger partial charge is 0.393 e. The van der Waals surface area contributed by atoms with E-state index in [-0.39, 0.29) is 12.2 Å². The van der Waals surface area contributed by atoms with Gasteiger partial charge in [0.1, 0.15) is 0 Å². The van der Waals surface area contributed by atoms with Crippen molar-refractivity contribution in [3.05, 3.63) is 47.0 Å². The zero-order valence-electron chi connectivity index (χ0n) is 16.7. The molecule has 28 heavy (non-hydrogen) atoms. The van der Waals surface area contributed by atoms with Crippen LogP contribution < -0.4 is 0 Å². The van der Waals surface area contributed by atoms with Gasteiger partial charge in [0.05, 0.1) is 12.2 Å². The summed E-state index contributed by atoms with van der Waals surface area (Å²) in [5, 5.41) is 23.1. The van der Waals surface area contributed by atoms with Crippen molar-refractivity contribution in [1.82, 2.24) is 9.80 Å². The third-order valence-corrected chi connectivity index (χ3v) is 7.18. The first-order chi connectivity index (χ1) is 13.7. The molecular weight excluding hydrogens is 348 g/mol. The van der Waals surface area contributed by atoms with E-state index in [1.54, 1.807) is 0 Å². The molecule has 0 aromatic heterocycles. The Morgan fingerprint density at radius 1 is 0.893 bits per heavy atom. The van der Waals surface area contributed by atoms with E-state index in [0.717, 1.165) is 64.8 Å². The van der Waals surface area contributed by atoms with E-state index in [1.165, 1.54) is 33.9 Å². The van der Waals surface area contributed by atoms with Crippen molar-refractivity contribution in [2.24, 2.45) is 0 Å². The smallest absolute Gasteiger partial charge is 0.0695 e. The minimum Gasteiger partial charge on any atom is -0.393 e. The molecule has 0 amide bonds. The summed E-state index contributed by atoms with van der Waals surface area (Å²) >= 11 is 0. The molecular formula is C24H32N2O2. The molecule has 2 fully saturated rings. The van der Waals surface area contributed by atoms with Gasteiger partial charge in [-0.25, -0.2) is 0 Å². The van der Waals surface area contributed by atoms with Gasteiger partial charge in [0.25, 0.3) is 0 Å². The first-order valence-corrected chi connectivity index (χ1v) is 11.0. The van der Waals surface area contributed by atoms with Crippen molar-refractivity contribution in [2.45, 2.75) is 76.4 Å². The molecule has 0 radical (unpaired) electrons. The molecule has 0 spiro atoms. The highest BCUT2D eigenvalue weighted by molar-refractivity contribution is 5.90. The third kappa shape index (κ3) is 3.48. The number of piperidine rings is 1. The Morgan fingerprint density at radius 3 is 2.43 bits per heavy atom. The Hall–Kier alpha value is -1.46. The van der Waals surface area contributed by atoms with E-state index in [9.17, 15) is 10.2 Å². The normalized spacial score (nSPS) is 27.4. The number of likely N-dealkylation sites (tertiary alicyclic amines) is 1. The second kappa shape index (κ2) is 7.75. The quantitative estimate of drug-likeness (QED) is 0.857. The number of aliphatic hydroxyl groups is 2. The number of hydrogen-bond donors (Lipinski definition) is 2.